The lowest BCUT2D eigenvalue weighted by Crippen LogP contribution is -2.33. The number of rotatable bonds is 1. The molecule has 13 heavy (non-hydrogen) atoms. The zero-order chi connectivity index (χ0) is 9.26. The van der Waals surface area contributed by atoms with Crippen LogP contribution in [0.4, 0.5) is 0 Å². The summed E-state index contributed by atoms with van der Waals surface area (Å²) >= 11 is 7.49. The molecular weight excluding hydrogens is 204 g/mol. The van der Waals surface area contributed by atoms with Crippen molar-refractivity contribution >= 4 is 22.9 Å². The number of aromatic nitrogens is 1. The molecule has 4 heteroatoms. The Morgan fingerprint density at radius 1 is 1.69 bits per heavy atom. The highest BCUT2D eigenvalue weighted by Gasteiger charge is 2.24. The highest BCUT2D eigenvalue weighted by molar-refractivity contribution is 7.15. The summed E-state index contributed by atoms with van der Waals surface area (Å²) in [6.07, 6.45) is 2.95. The predicted octanol–water partition coefficient (Wildman–Crippen LogP) is 2.51. The molecule has 0 aliphatic carbocycles. The van der Waals surface area contributed by atoms with Crippen LogP contribution in [0, 0.1) is 5.92 Å². The van der Waals surface area contributed by atoms with Crippen LogP contribution in [-0.2, 0) is 0 Å². The molecule has 0 saturated carbocycles. The van der Waals surface area contributed by atoms with E-state index in [1.807, 2.05) is 0 Å². The molecule has 0 amide bonds. The van der Waals surface area contributed by atoms with E-state index in [0.717, 1.165) is 17.4 Å². The molecule has 2 nitrogen and oxygen atoms in total. The first-order valence-corrected chi connectivity index (χ1v) is 5.79. The summed E-state index contributed by atoms with van der Waals surface area (Å²) in [6.45, 7) is 4.47. The number of nitrogens with zero attached hydrogens (tertiary/aromatic N) is 1. The van der Waals surface area contributed by atoms with Crippen LogP contribution in [0.25, 0.3) is 0 Å². The van der Waals surface area contributed by atoms with Gasteiger partial charge < -0.3 is 5.32 Å². The van der Waals surface area contributed by atoms with E-state index in [2.05, 4.69) is 17.2 Å². The van der Waals surface area contributed by atoms with Crippen LogP contribution in [0.3, 0.4) is 0 Å². The fraction of sp³-hybridized carbons (Fsp3) is 0.667. The van der Waals surface area contributed by atoms with Gasteiger partial charge in [0.05, 0.1) is 11.2 Å². The minimum absolute atomic E-state index is 0.610. The monoisotopic (exact) mass is 216 g/mol. The first-order valence-electron chi connectivity index (χ1n) is 4.59. The Balaban J connectivity index is 2.14. The van der Waals surface area contributed by atoms with Gasteiger partial charge in [-0.05, 0) is 25.4 Å². The summed E-state index contributed by atoms with van der Waals surface area (Å²) in [5, 5.41) is 4.59. The van der Waals surface area contributed by atoms with Crippen LogP contribution in [0.15, 0.2) is 6.20 Å². The van der Waals surface area contributed by atoms with Gasteiger partial charge in [0.25, 0.3) is 0 Å². The summed E-state index contributed by atoms with van der Waals surface area (Å²) in [4.78, 5) is 4.35. The maximum atomic E-state index is 5.87. The van der Waals surface area contributed by atoms with Crippen LogP contribution in [0.1, 0.15) is 24.3 Å². The lowest BCUT2D eigenvalue weighted by molar-refractivity contribution is 0.349. The molecule has 2 heterocycles. The van der Waals surface area contributed by atoms with E-state index >= 15 is 0 Å². The van der Waals surface area contributed by atoms with Gasteiger partial charge in [-0.25, -0.2) is 4.98 Å². The highest BCUT2D eigenvalue weighted by atomic mass is 35.5. The van der Waals surface area contributed by atoms with E-state index in [1.165, 1.54) is 11.4 Å². The van der Waals surface area contributed by atoms with Gasteiger partial charge in [0.2, 0.25) is 0 Å². The topological polar surface area (TPSA) is 24.9 Å². The maximum Gasteiger partial charge on any atom is 0.113 e. The molecule has 0 spiro atoms. The van der Waals surface area contributed by atoms with Gasteiger partial charge in [-0.2, -0.15) is 0 Å². The van der Waals surface area contributed by atoms with Crippen molar-refractivity contribution in [2.45, 2.75) is 19.3 Å². The lowest BCUT2D eigenvalue weighted by Gasteiger charge is -2.27. The standard InChI is InChI=1S/C9H13ClN2S/c1-6-4-11-3-2-7(6)9-12-5-8(10)13-9/h5-7,11H,2-4H2,1H3. The smallest absolute Gasteiger partial charge is 0.113 e. The molecule has 0 aromatic carbocycles. The molecule has 0 bridgehead atoms. The fourth-order valence-electron chi connectivity index (χ4n) is 1.82. The second-order valence-electron chi connectivity index (χ2n) is 3.58. The molecule has 2 rings (SSSR count). The van der Waals surface area contributed by atoms with Crippen molar-refractivity contribution in [3.63, 3.8) is 0 Å². The average Bonchev–Trinajstić information content (AvgIpc) is 2.53. The van der Waals surface area contributed by atoms with Crippen molar-refractivity contribution in [1.82, 2.24) is 10.3 Å². The van der Waals surface area contributed by atoms with Gasteiger partial charge in [-0.15, -0.1) is 11.3 Å². The second-order valence-corrected chi connectivity index (χ2v) is 5.27. The minimum atomic E-state index is 0.610. The minimum Gasteiger partial charge on any atom is -0.316 e. The molecule has 2 atom stereocenters. The Bertz CT molecular complexity index is 287. The van der Waals surface area contributed by atoms with Crippen molar-refractivity contribution in [3.8, 4) is 0 Å². The van der Waals surface area contributed by atoms with Gasteiger partial charge in [0.15, 0.2) is 0 Å². The third-order valence-corrected chi connectivity index (χ3v) is 3.84. The summed E-state index contributed by atoms with van der Waals surface area (Å²) in [7, 11) is 0. The molecule has 1 saturated heterocycles. The zero-order valence-corrected chi connectivity index (χ0v) is 9.16. The van der Waals surface area contributed by atoms with E-state index in [1.54, 1.807) is 17.5 Å². The number of nitrogens with one attached hydrogen (secondary N) is 1. The van der Waals surface area contributed by atoms with Crippen LogP contribution in [0.2, 0.25) is 4.34 Å². The SMILES string of the molecule is CC1CNCCC1c1ncc(Cl)s1. The number of hydrogen-bond acceptors (Lipinski definition) is 3. The predicted molar refractivity (Wildman–Crippen MR) is 56.5 cm³/mol. The Morgan fingerprint density at radius 2 is 2.54 bits per heavy atom. The number of thiazole rings is 1. The third kappa shape index (κ3) is 2.03. The number of hydrogen-bond donors (Lipinski definition) is 1. The van der Waals surface area contributed by atoms with Crippen molar-refractivity contribution in [3.05, 3.63) is 15.5 Å². The lowest BCUT2D eigenvalue weighted by atomic mass is 9.88. The van der Waals surface area contributed by atoms with Gasteiger partial charge >= 0.3 is 0 Å². The van der Waals surface area contributed by atoms with Gasteiger partial charge in [-0.3, -0.25) is 0 Å². The van der Waals surface area contributed by atoms with Gasteiger partial charge in [0, 0.05) is 5.92 Å². The summed E-state index contributed by atoms with van der Waals surface area (Å²) < 4.78 is 0.806. The molecule has 1 aliphatic heterocycles. The quantitative estimate of drug-likeness (QED) is 0.781. The largest absolute Gasteiger partial charge is 0.316 e. The van der Waals surface area contributed by atoms with Crippen molar-refractivity contribution in [2.75, 3.05) is 13.1 Å². The molecule has 1 aromatic heterocycles. The molecule has 0 radical (unpaired) electrons. The van der Waals surface area contributed by atoms with E-state index < -0.39 is 0 Å². The number of piperidine rings is 1. The molecule has 2 unspecified atom stereocenters. The highest BCUT2D eigenvalue weighted by Crippen LogP contribution is 2.33. The third-order valence-electron chi connectivity index (χ3n) is 2.60. The molecular formula is C9H13ClN2S. The summed E-state index contributed by atoms with van der Waals surface area (Å²) in [5.41, 5.74) is 0. The average molecular weight is 217 g/mol. The van der Waals surface area contributed by atoms with Crippen molar-refractivity contribution < 1.29 is 0 Å². The fourth-order valence-corrected chi connectivity index (χ4v) is 3.02. The van der Waals surface area contributed by atoms with E-state index in [0.29, 0.717) is 11.8 Å². The van der Waals surface area contributed by atoms with Crippen LogP contribution < -0.4 is 5.32 Å². The van der Waals surface area contributed by atoms with E-state index in [-0.39, 0.29) is 0 Å². The maximum absolute atomic E-state index is 5.87. The molecule has 1 fully saturated rings. The van der Waals surface area contributed by atoms with Crippen LogP contribution in [-0.4, -0.2) is 18.1 Å². The number of halogens is 1. The Hall–Kier alpha value is -0.120. The van der Waals surface area contributed by atoms with Crippen LogP contribution >= 0.6 is 22.9 Å². The molecule has 1 aliphatic rings. The Labute approximate surface area is 87.3 Å². The summed E-state index contributed by atoms with van der Waals surface area (Å²) in [6, 6.07) is 0. The Morgan fingerprint density at radius 3 is 3.15 bits per heavy atom. The van der Waals surface area contributed by atoms with Crippen molar-refractivity contribution in [2.24, 2.45) is 5.92 Å². The molecule has 1 N–H and O–H groups in total. The van der Waals surface area contributed by atoms with E-state index in [4.69, 9.17) is 11.6 Å². The van der Waals surface area contributed by atoms with Crippen LogP contribution in [0.5, 0.6) is 0 Å². The first-order chi connectivity index (χ1) is 6.27. The second kappa shape index (κ2) is 3.95. The zero-order valence-electron chi connectivity index (χ0n) is 7.59. The van der Waals surface area contributed by atoms with Gasteiger partial charge in [0.1, 0.15) is 4.34 Å². The molecule has 1 aromatic rings. The van der Waals surface area contributed by atoms with E-state index in [9.17, 15) is 0 Å². The van der Waals surface area contributed by atoms with Gasteiger partial charge in [-0.1, -0.05) is 18.5 Å². The normalized spacial score (nSPS) is 29.1. The molecule has 72 valence electrons. The first kappa shape index (κ1) is 9.44. The van der Waals surface area contributed by atoms with Crippen molar-refractivity contribution in [1.29, 1.82) is 0 Å². The Kier molecular flexibility index (Phi) is 2.86. The summed E-state index contributed by atoms with van der Waals surface area (Å²) in [5.74, 6) is 1.29.